The van der Waals surface area contributed by atoms with Crippen molar-refractivity contribution in [2.24, 2.45) is 11.8 Å². The van der Waals surface area contributed by atoms with Crippen LogP contribution in [-0.4, -0.2) is 60.7 Å². The topological polar surface area (TPSA) is 102 Å². The van der Waals surface area contributed by atoms with E-state index in [9.17, 15) is 18.7 Å². The van der Waals surface area contributed by atoms with Crippen molar-refractivity contribution in [3.63, 3.8) is 0 Å². The molecule has 2 aliphatic rings. The van der Waals surface area contributed by atoms with Crippen molar-refractivity contribution in [2.75, 3.05) is 27.3 Å². The first-order valence-corrected chi connectivity index (χ1v) is 13.7. The zero-order valence-corrected chi connectivity index (χ0v) is 20.9. The molecule has 0 aliphatic carbocycles. The molecule has 0 aromatic heterocycles. The predicted octanol–water partition coefficient (Wildman–Crippen LogP) is 4.22. The summed E-state index contributed by atoms with van der Waals surface area (Å²) in [6.45, 7) is 8.20. The van der Waals surface area contributed by atoms with E-state index in [0.29, 0.717) is 12.8 Å². The Morgan fingerprint density at radius 1 is 0.806 bits per heavy atom. The number of nitrogens with zero attached hydrogens (tertiary/aromatic N) is 2. The molecule has 176 valence electrons. The molecule has 2 heterocycles. The maximum absolute atomic E-state index is 13.8. The van der Waals surface area contributed by atoms with Crippen LogP contribution in [0, 0.1) is 11.8 Å². The van der Waals surface area contributed by atoms with Gasteiger partial charge in [0.25, 0.3) is 0 Å². The fourth-order valence-electron chi connectivity index (χ4n) is 3.78. The summed E-state index contributed by atoms with van der Waals surface area (Å²) >= 11 is 0. The Kier molecular flexibility index (Phi) is 8.88. The molecule has 0 amide bonds. The summed E-state index contributed by atoms with van der Waals surface area (Å²) < 4.78 is 46.2. The molecule has 4 atom stereocenters. The lowest BCUT2D eigenvalue weighted by Gasteiger charge is -2.36. The number of esters is 2. The maximum Gasteiger partial charge on any atom is 0.323 e. The van der Waals surface area contributed by atoms with Gasteiger partial charge >= 0.3 is 27.0 Å². The van der Waals surface area contributed by atoms with Crippen LogP contribution < -0.4 is 0 Å². The first-order chi connectivity index (χ1) is 14.5. The van der Waals surface area contributed by atoms with Gasteiger partial charge < -0.3 is 9.47 Å². The molecule has 0 fully saturated rings. The predicted molar refractivity (Wildman–Crippen MR) is 119 cm³/mol. The van der Waals surface area contributed by atoms with E-state index in [4.69, 9.17) is 13.8 Å². The fraction of sp³-hybridized carbons (Fsp3) is 0.700. The fourth-order valence-corrected chi connectivity index (χ4v) is 9.17. The number of carbonyl (C=O) groups excluding carboxylic acids is 2. The summed E-state index contributed by atoms with van der Waals surface area (Å²) in [5.41, 5.74) is 0. The monoisotopic (exact) mass is 476 g/mol. The number of methoxy groups -OCH3 is 2. The molecule has 2 unspecified atom stereocenters. The van der Waals surface area contributed by atoms with E-state index in [0.717, 1.165) is 0 Å². The second-order valence-corrected chi connectivity index (χ2v) is 13.1. The van der Waals surface area contributed by atoms with E-state index in [2.05, 4.69) is 0 Å². The van der Waals surface area contributed by atoms with Crippen molar-refractivity contribution in [1.82, 2.24) is 9.34 Å². The molecule has 0 bridgehead atoms. The normalized spacial score (nSPS) is 28.4. The lowest BCUT2D eigenvalue weighted by molar-refractivity contribution is -0.146. The summed E-state index contributed by atoms with van der Waals surface area (Å²) in [5.74, 6) is 1.97. The van der Waals surface area contributed by atoms with Gasteiger partial charge in [0.15, 0.2) is 0 Å². The minimum atomic E-state index is -3.78. The highest BCUT2D eigenvalue weighted by atomic mass is 31.2. The molecule has 11 heteroatoms. The van der Waals surface area contributed by atoms with Gasteiger partial charge in [0.05, 0.1) is 14.2 Å². The van der Waals surface area contributed by atoms with E-state index in [1.807, 2.05) is 27.7 Å². The second kappa shape index (κ2) is 10.6. The van der Waals surface area contributed by atoms with Gasteiger partial charge in [-0.3, -0.25) is 18.7 Å². The molecular formula is C20H34N2O7P2. The van der Waals surface area contributed by atoms with Gasteiger partial charge in [-0.05, 0) is 24.7 Å². The minimum absolute atomic E-state index is 0.131. The maximum atomic E-state index is 13.8. The van der Waals surface area contributed by atoms with Gasteiger partial charge in [-0.2, -0.15) is 0 Å². The second-order valence-electron chi connectivity index (χ2n) is 8.56. The van der Waals surface area contributed by atoms with Crippen LogP contribution in [0.4, 0.5) is 0 Å². The molecule has 2 rings (SSSR count). The molecule has 0 N–H and O–H groups in total. The molecule has 0 radical (unpaired) electrons. The third-order valence-corrected chi connectivity index (χ3v) is 10.5. The minimum Gasteiger partial charge on any atom is -0.468 e. The van der Waals surface area contributed by atoms with Crippen LogP contribution in [0.3, 0.4) is 0 Å². The van der Waals surface area contributed by atoms with Crippen LogP contribution >= 0.6 is 15.0 Å². The Labute approximate surface area is 184 Å². The summed E-state index contributed by atoms with van der Waals surface area (Å²) in [5, 5.41) is 0. The molecular weight excluding hydrogens is 442 g/mol. The average Bonchev–Trinajstić information content (AvgIpc) is 3.24. The molecule has 31 heavy (non-hydrogen) atoms. The van der Waals surface area contributed by atoms with Crippen LogP contribution in [0.25, 0.3) is 0 Å². The lowest BCUT2D eigenvalue weighted by atomic mass is 10.0. The van der Waals surface area contributed by atoms with Gasteiger partial charge in [0.1, 0.15) is 12.1 Å². The third kappa shape index (κ3) is 5.96. The van der Waals surface area contributed by atoms with Crippen LogP contribution in [-0.2, 0) is 32.5 Å². The van der Waals surface area contributed by atoms with E-state index >= 15 is 0 Å². The smallest absolute Gasteiger partial charge is 0.323 e. The van der Waals surface area contributed by atoms with E-state index < -0.39 is 39.1 Å². The van der Waals surface area contributed by atoms with E-state index in [1.54, 1.807) is 12.2 Å². The summed E-state index contributed by atoms with van der Waals surface area (Å²) in [7, 11) is -5.00. The summed E-state index contributed by atoms with van der Waals surface area (Å²) in [6.07, 6.45) is 4.09. The number of carbonyl (C=O) groups is 2. The highest BCUT2D eigenvalue weighted by Crippen LogP contribution is 2.72. The van der Waals surface area contributed by atoms with Crippen molar-refractivity contribution in [2.45, 2.75) is 52.6 Å². The Balaban J connectivity index is 2.36. The first kappa shape index (κ1) is 26.0. The van der Waals surface area contributed by atoms with Crippen molar-refractivity contribution in [3.05, 3.63) is 23.8 Å². The Morgan fingerprint density at radius 3 is 1.45 bits per heavy atom. The Bertz CT molecular complexity index is 758. The molecule has 0 spiro atoms. The molecule has 0 aromatic carbocycles. The molecule has 9 nitrogen and oxygen atoms in total. The largest absolute Gasteiger partial charge is 0.468 e. The van der Waals surface area contributed by atoms with Gasteiger partial charge in [-0.25, -0.2) is 13.7 Å². The average molecular weight is 476 g/mol. The number of hydrogen-bond acceptors (Lipinski definition) is 7. The van der Waals surface area contributed by atoms with Gasteiger partial charge in [-0.1, -0.05) is 39.8 Å². The van der Waals surface area contributed by atoms with Crippen molar-refractivity contribution < 1.29 is 32.5 Å². The van der Waals surface area contributed by atoms with Crippen LogP contribution in [0.15, 0.2) is 23.8 Å². The quantitative estimate of drug-likeness (QED) is 0.339. The van der Waals surface area contributed by atoms with Crippen molar-refractivity contribution >= 4 is 27.0 Å². The zero-order chi connectivity index (χ0) is 23.4. The van der Waals surface area contributed by atoms with Crippen LogP contribution in [0.1, 0.15) is 40.5 Å². The standard InChI is InChI=1S/C20H34N2O7P2/c1-15(2)13-17(19(23)27-5)21-9-7-11-30(21,25)29-31(26)12-8-10-22(31)18(14-16(3)4)20(24)28-6/h7-8,11-12,15-18H,9-10,13-14H2,1-6H3/t17-,18-,30?,31?/m0/s1. The van der Waals surface area contributed by atoms with Crippen molar-refractivity contribution in [1.29, 1.82) is 0 Å². The van der Waals surface area contributed by atoms with Gasteiger partial charge in [-0.15, -0.1) is 0 Å². The SMILES string of the molecule is COC(=O)[C@H](CC(C)C)N1CC=CP1(=O)OP1(=O)C=CCN1[C@@H](CC(C)C)C(=O)OC. The summed E-state index contributed by atoms with van der Waals surface area (Å²) in [4.78, 5) is 24.9. The third-order valence-electron chi connectivity index (χ3n) is 5.18. The number of ether oxygens (including phenoxy) is 2. The molecule has 0 saturated heterocycles. The van der Waals surface area contributed by atoms with E-state index in [1.165, 1.54) is 35.2 Å². The Hall–Kier alpha value is -1.24. The number of rotatable bonds is 10. The molecule has 0 aromatic rings. The highest BCUT2D eigenvalue weighted by molar-refractivity contribution is 7.73. The van der Waals surface area contributed by atoms with Crippen LogP contribution in [0.2, 0.25) is 0 Å². The summed E-state index contributed by atoms with van der Waals surface area (Å²) in [6, 6.07) is -1.60. The van der Waals surface area contributed by atoms with E-state index in [-0.39, 0.29) is 24.9 Å². The Morgan fingerprint density at radius 2 is 1.16 bits per heavy atom. The van der Waals surface area contributed by atoms with Crippen LogP contribution in [0.5, 0.6) is 0 Å². The lowest BCUT2D eigenvalue weighted by Crippen LogP contribution is -2.41. The van der Waals surface area contributed by atoms with Gasteiger partial charge in [0.2, 0.25) is 0 Å². The molecule has 0 saturated carbocycles. The molecule has 2 aliphatic heterocycles. The number of hydrogen-bond donors (Lipinski definition) is 0. The zero-order valence-electron chi connectivity index (χ0n) is 19.1. The first-order valence-electron chi connectivity index (χ1n) is 10.4. The highest BCUT2D eigenvalue weighted by Gasteiger charge is 2.50. The van der Waals surface area contributed by atoms with Gasteiger partial charge in [0, 0.05) is 24.7 Å². The van der Waals surface area contributed by atoms with Crippen molar-refractivity contribution in [3.8, 4) is 0 Å².